The van der Waals surface area contributed by atoms with Crippen molar-refractivity contribution in [3.63, 3.8) is 0 Å². The van der Waals surface area contributed by atoms with Crippen LogP contribution in [0.1, 0.15) is 42.4 Å². The van der Waals surface area contributed by atoms with E-state index in [-0.39, 0.29) is 18.1 Å². The van der Waals surface area contributed by atoms with E-state index in [2.05, 4.69) is 29.0 Å². The predicted octanol–water partition coefficient (Wildman–Crippen LogP) is 2.24. The molecular formula is C18H24N4O3. The molecule has 0 saturated carbocycles. The first-order chi connectivity index (χ1) is 12.1. The van der Waals surface area contributed by atoms with Crippen LogP contribution in [0.5, 0.6) is 5.75 Å². The highest BCUT2D eigenvalue weighted by molar-refractivity contribution is 5.92. The van der Waals surface area contributed by atoms with Crippen molar-refractivity contribution >= 4 is 5.91 Å². The molecule has 2 atom stereocenters. The number of carbonyl (C=O) groups is 1. The molecule has 1 saturated heterocycles. The number of rotatable bonds is 6. The van der Waals surface area contributed by atoms with E-state index in [9.17, 15) is 4.79 Å². The molecule has 0 unspecified atom stereocenters. The average Bonchev–Trinajstić information content (AvgIpc) is 3.27. The Morgan fingerprint density at radius 1 is 1.48 bits per heavy atom. The fraction of sp³-hybridized carbons (Fsp3) is 0.500. The Hall–Kier alpha value is -2.41. The van der Waals surface area contributed by atoms with Crippen molar-refractivity contribution in [1.29, 1.82) is 0 Å². The normalized spacial score (nSPS) is 20.2. The summed E-state index contributed by atoms with van der Waals surface area (Å²) in [7, 11) is 1.67. The van der Waals surface area contributed by atoms with E-state index in [1.165, 1.54) is 0 Å². The second kappa shape index (κ2) is 7.65. The fourth-order valence-corrected chi connectivity index (χ4v) is 2.97. The van der Waals surface area contributed by atoms with Gasteiger partial charge in [0.1, 0.15) is 18.1 Å². The smallest absolute Gasteiger partial charge is 0.274 e. The van der Waals surface area contributed by atoms with Crippen LogP contribution in [-0.2, 0) is 4.74 Å². The highest BCUT2D eigenvalue weighted by Crippen LogP contribution is 2.24. The lowest BCUT2D eigenvalue weighted by atomic mass is 10.1. The molecule has 7 nitrogen and oxygen atoms in total. The Morgan fingerprint density at radius 3 is 2.96 bits per heavy atom. The zero-order chi connectivity index (χ0) is 17.8. The van der Waals surface area contributed by atoms with Gasteiger partial charge in [-0.1, -0.05) is 13.8 Å². The van der Waals surface area contributed by atoms with Crippen LogP contribution >= 0.6 is 0 Å². The van der Waals surface area contributed by atoms with Gasteiger partial charge < -0.3 is 14.4 Å². The quantitative estimate of drug-likeness (QED) is 0.869. The number of likely N-dealkylation sites (tertiary alicyclic amines) is 1. The maximum Gasteiger partial charge on any atom is 0.274 e. The molecule has 1 N–H and O–H groups in total. The van der Waals surface area contributed by atoms with Crippen molar-refractivity contribution in [3.05, 3.63) is 42.0 Å². The number of aromatic amines is 1. The second-order valence-corrected chi connectivity index (χ2v) is 6.57. The average molecular weight is 344 g/mol. The van der Waals surface area contributed by atoms with Crippen LogP contribution in [0.2, 0.25) is 0 Å². The van der Waals surface area contributed by atoms with Gasteiger partial charge in [-0.25, -0.2) is 0 Å². The first kappa shape index (κ1) is 17.4. The minimum atomic E-state index is -0.0949. The van der Waals surface area contributed by atoms with E-state index in [1.807, 2.05) is 18.2 Å². The Balaban J connectivity index is 1.70. The summed E-state index contributed by atoms with van der Waals surface area (Å²) in [5, 5.41) is 7.12. The van der Waals surface area contributed by atoms with Crippen molar-refractivity contribution < 1.29 is 14.3 Å². The van der Waals surface area contributed by atoms with Crippen LogP contribution in [0, 0.1) is 0 Å². The summed E-state index contributed by atoms with van der Waals surface area (Å²) in [6, 6.07) is 5.44. The number of nitrogens with zero attached hydrogens (tertiary/aromatic N) is 3. The number of hydrogen-bond acceptors (Lipinski definition) is 5. The maximum absolute atomic E-state index is 12.9. The number of H-pyrrole nitrogens is 1. The van der Waals surface area contributed by atoms with Crippen molar-refractivity contribution in [3.8, 4) is 5.75 Å². The number of pyridine rings is 1. The van der Waals surface area contributed by atoms with Crippen molar-refractivity contribution in [2.45, 2.75) is 38.3 Å². The summed E-state index contributed by atoms with van der Waals surface area (Å²) in [6.07, 6.45) is 4.11. The van der Waals surface area contributed by atoms with Gasteiger partial charge in [0.05, 0.1) is 18.3 Å². The van der Waals surface area contributed by atoms with Gasteiger partial charge in [0.25, 0.3) is 5.91 Å². The van der Waals surface area contributed by atoms with Crippen LogP contribution in [0.25, 0.3) is 0 Å². The van der Waals surface area contributed by atoms with E-state index in [0.29, 0.717) is 30.5 Å². The number of carbonyl (C=O) groups excluding carboxylic acids is 1. The molecule has 0 radical (unpaired) electrons. The van der Waals surface area contributed by atoms with Gasteiger partial charge in [-0.2, -0.15) is 5.10 Å². The Morgan fingerprint density at radius 2 is 2.32 bits per heavy atom. The highest BCUT2D eigenvalue weighted by atomic mass is 16.5. The van der Waals surface area contributed by atoms with Crippen LogP contribution in [0.4, 0.5) is 0 Å². The van der Waals surface area contributed by atoms with Crippen LogP contribution in [0.15, 0.2) is 30.6 Å². The third kappa shape index (κ3) is 3.99. The number of nitrogens with one attached hydrogen (secondary N) is 1. The zero-order valence-corrected chi connectivity index (χ0v) is 14.8. The highest BCUT2D eigenvalue weighted by Gasteiger charge is 2.37. The van der Waals surface area contributed by atoms with Crippen LogP contribution in [0.3, 0.4) is 0 Å². The molecule has 0 bridgehead atoms. The molecule has 0 aromatic carbocycles. The number of aromatic nitrogens is 3. The summed E-state index contributed by atoms with van der Waals surface area (Å²) in [4.78, 5) is 18.7. The summed E-state index contributed by atoms with van der Waals surface area (Å²) in [6.45, 7) is 5.06. The largest absolute Gasteiger partial charge is 0.490 e. The van der Waals surface area contributed by atoms with Gasteiger partial charge in [-0.15, -0.1) is 0 Å². The lowest BCUT2D eigenvalue weighted by molar-refractivity contribution is 0.0652. The van der Waals surface area contributed by atoms with Gasteiger partial charge >= 0.3 is 0 Å². The topological polar surface area (TPSA) is 80.3 Å². The molecule has 0 spiro atoms. The fourth-order valence-electron chi connectivity index (χ4n) is 2.97. The maximum atomic E-state index is 12.9. The van der Waals surface area contributed by atoms with E-state index in [4.69, 9.17) is 9.47 Å². The van der Waals surface area contributed by atoms with E-state index in [0.717, 1.165) is 12.1 Å². The molecule has 0 aliphatic carbocycles. The van der Waals surface area contributed by atoms with Gasteiger partial charge in [0, 0.05) is 25.5 Å². The van der Waals surface area contributed by atoms with E-state index in [1.54, 1.807) is 24.4 Å². The molecular weight excluding hydrogens is 320 g/mol. The number of methoxy groups -OCH3 is 1. The predicted molar refractivity (Wildman–Crippen MR) is 92.6 cm³/mol. The SMILES string of the molecule is CO[C@@H]1C[C@@H](COc2cccnc2)N(C(=O)c2cc(C(C)C)[nH]n2)C1. The first-order valence-corrected chi connectivity index (χ1v) is 8.50. The Labute approximate surface area is 147 Å². The molecule has 1 aliphatic heterocycles. The van der Waals surface area contributed by atoms with Gasteiger partial charge in [-0.05, 0) is 30.5 Å². The van der Waals surface area contributed by atoms with Crippen LogP contribution in [-0.4, -0.2) is 58.4 Å². The van der Waals surface area contributed by atoms with Crippen LogP contribution < -0.4 is 4.74 Å². The summed E-state index contributed by atoms with van der Waals surface area (Å²) >= 11 is 0. The molecule has 1 amide bonds. The molecule has 3 rings (SSSR count). The molecule has 2 aromatic heterocycles. The van der Waals surface area contributed by atoms with Gasteiger partial charge in [0.15, 0.2) is 0 Å². The second-order valence-electron chi connectivity index (χ2n) is 6.57. The number of amides is 1. The van der Waals surface area contributed by atoms with Crippen molar-refractivity contribution in [1.82, 2.24) is 20.1 Å². The number of ether oxygens (including phenoxy) is 2. The van der Waals surface area contributed by atoms with E-state index < -0.39 is 0 Å². The minimum Gasteiger partial charge on any atom is -0.490 e. The summed E-state index contributed by atoms with van der Waals surface area (Å²) in [5.74, 6) is 0.893. The summed E-state index contributed by atoms with van der Waals surface area (Å²) in [5.41, 5.74) is 1.39. The summed E-state index contributed by atoms with van der Waals surface area (Å²) < 4.78 is 11.3. The Bertz CT molecular complexity index is 701. The molecule has 134 valence electrons. The van der Waals surface area contributed by atoms with Gasteiger partial charge in [-0.3, -0.25) is 14.9 Å². The molecule has 1 fully saturated rings. The molecule has 7 heteroatoms. The standard InChI is InChI=1S/C18H24N4O3/c1-12(2)16-8-17(21-20-16)18(23)22-10-15(24-3)7-13(22)11-25-14-5-4-6-19-9-14/h4-6,8-9,12-13,15H,7,10-11H2,1-3H3,(H,20,21)/t13-,15+/m0/s1. The van der Waals surface area contributed by atoms with Crippen molar-refractivity contribution in [2.75, 3.05) is 20.3 Å². The third-order valence-electron chi connectivity index (χ3n) is 4.49. The lowest BCUT2D eigenvalue weighted by Gasteiger charge is -2.23. The van der Waals surface area contributed by atoms with Crippen molar-refractivity contribution in [2.24, 2.45) is 0 Å². The molecule has 3 heterocycles. The lowest BCUT2D eigenvalue weighted by Crippen LogP contribution is -2.39. The van der Waals surface area contributed by atoms with E-state index >= 15 is 0 Å². The molecule has 2 aromatic rings. The molecule has 1 aliphatic rings. The van der Waals surface area contributed by atoms with Gasteiger partial charge in [0.2, 0.25) is 0 Å². The minimum absolute atomic E-state index is 0.00922. The monoisotopic (exact) mass is 344 g/mol. The first-order valence-electron chi connectivity index (χ1n) is 8.50. The zero-order valence-electron chi connectivity index (χ0n) is 14.8. The Kier molecular flexibility index (Phi) is 5.33. The third-order valence-corrected chi connectivity index (χ3v) is 4.49. The molecule has 25 heavy (non-hydrogen) atoms. The number of hydrogen-bond donors (Lipinski definition) is 1.